The molecule has 0 saturated heterocycles. The van der Waals surface area contributed by atoms with Gasteiger partial charge in [-0.15, -0.1) is 0 Å². The zero-order chi connectivity index (χ0) is 36.4. The first kappa shape index (κ1) is 31.7. The van der Waals surface area contributed by atoms with Gasteiger partial charge in [0.15, 0.2) is 0 Å². The molecule has 0 saturated carbocycles. The maximum Gasteiger partial charge on any atom is 0.344 e. The molecule has 0 N–H and O–H groups in total. The lowest BCUT2D eigenvalue weighted by Crippen LogP contribution is -2.28. The molecule has 54 heavy (non-hydrogen) atoms. The highest BCUT2D eigenvalue weighted by Crippen LogP contribution is 2.56. The highest BCUT2D eigenvalue weighted by atomic mass is 16.4. The zero-order valence-corrected chi connectivity index (χ0v) is 29.8. The van der Waals surface area contributed by atoms with Gasteiger partial charge in [-0.1, -0.05) is 146 Å². The van der Waals surface area contributed by atoms with Gasteiger partial charge in [0.2, 0.25) is 0 Å². The molecular formula is C51H35NO2. The van der Waals surface area contributed by atoms with Crippen LogP contribution in [0.5, 0.6) is 0 Å². The highest BCUT2D eigenvalue weighted by Gasteiger charge is 2.46. The van der Waals surface area contributed by atoms with E-state index in [1.165, 1.54) is 33.4 Å². The van der Waals surface area contributed by atoms with Gasteiger partial charge in [0.05, 0.1) is 22.0 Å². The van der Waals surface area contributed by atoms with Crippen LogP contribution in [0.15, 0.2) is 186 Å². The summed E-state index contributed by atoms with van der Waals surface area (Å²) in [5, 5.41) is 3.50. The second-order valence-electron chi connectivity index (χ2n) is 14.0. The summed E-state index contributed by atoms with van der Waals surface area (Å²) in [6.07, 6.45) is 6.22. The molecule has 9 aromatic rings. The Hall–Kier alpha value is -6.97. The van der Waals surface area contributed by atoms with Crippen LogP contribution < -0.4 is 5.63 Å². The van der Waals surface area contributed by atoms with E-state index < -0.39 is 5.41 Å². The van der Waals surface area contributed by atoms with Gasteiger partial charge in [-0.25, -0.2) is 4.79 Å². The number of allylic oxidation sites excluding steroid dienone is 1. The van der Waals surface area contributed by atoms with Crippen LogP contribution in [0.25, 0.3) is 72.7 Å². The van der Waals surface area contributed by atoms with Gasteiger partial charge in [-0.2, -0.15) is 0 Å². The predicted octanol–water partition coefficient (Wildman–Crippen LogP) is 12.6. The molecule has 2 aromatic heterocycles. The number of nitrogens with zero attached hydrogens (tertiary/aromatic N) is 1. The molecule has 0 unspecified atom stereocenters. The van der Waals surface area contributed by atoms with Crippen LogP contribution in [0.3, 0.4) is 0 Å². The zero-order valence-electron chi connectivity index (χ0n) is 29.8. The molecule has 1 aliphatic carbocycles. The molecule has 0 aliphatic heterocycles. The Morgan fingerprint density at radius 2 is 1.24 bits per heavy atom. The number of para-hydroxylation sites is 1. The summed E-state index contributed by atoms with van der Waals surface area (Å²) in [6, 6.07) is 57.9. The third-order valence-electron chi connectivity index (χ3n) is 11.2. The molecule has 0 fully saturated rings. The average molecular weight is 694 g/mol. The summed E-state index contributed by atoms with van der Waals surface area (Å²) in [4.78, 5) is 13.2. The van der Waals surface area contributed by atoms with E-state index in [0.29, 0.717) is 11.0 Å². The predicted molar refractivity (Wildman–Crippen MR) is 224 cm³/mol. The summed E-state index contributed by atoms with van der Waals surface area (Å²) >= 11 is 0. The van der Waals surface area contributed by atoms with Crippen molar-refractivity contribution in [2.45, 2.75) is 12.3 Å². The topological polar surface area (TPSA) is 35.1 Å². The van der Waals surface area contributed by atoms with Crippen LogP contribution in [0.2, 0.25) is 0 Å². The van der Waals surface area contributed by atoms with Gasteiger partial charge >= 0.3 is 5.63 Å². The Balaban J connectivity index is 1.20. The molecule has 0 amide bonds. The number of hydrogen-bond donors (Lipinski definition) is 0. The summed E-state index contributed by atoms with van der Waals surface area (Å²) in [5.74, 6) is 0. The van der Waals surface area contributed by atoms with E-state index in [9.17, 15) is 4.79 Å². The number of hydrogen-bond acceptors (Lipinski definition) is 2. The quantitative estimate of drug-likeness (QED) is 0.128. The third kappa shape index (κ3) is 4.52. The smallest absolute Gasteiger partial charge is 0.344 e. The van der Waals surface area contributed by atoms with Crippen LogP contribution >= 0.6 is 0 Å². The van der Waals surface area contributed by atoms with Gasteiger partial charge in [0, 0.05) is 22.0 Å². The maximum atomic E-state index is 13.2. The molecular weight excluding hydrogens is 659 g/mol. The lowest BCUT2D eigenvalue weighted by atomic mass is 9.67. The van der Waals surface area contributed by atoms with Gasteiger partial charge in [-0.3, -0.25) is 0 Å². The van der Waals surface area contributed by atoms with Gasteiger partial charge in [-0.05, 0) is 99.3 Å². The fraction of sp³-hybridized carbons (Fsp3) is 0.0392. The second kappa shape index (κ2) is 12.3. The van der Waals surface area contributed by atoms with E-state index >= 15 is 0 Å². The molecule has 0 radical (unpaired) electrons. The number of benzene rings is 7. The fourth-order valence-electron chi connectivity index (χ4n) is 8.97. The van der Waals surface area contributed by atoms with Crippen molar-refractivity contribution < 1.29 is 4.42 Å². The standard InChI is InChI=1S/C51H35NO2/c1-3-15-41-43-30-34(33-24-27-38-42-21-12-14-23-49(42)54-50(53)44(38)31-33)25-29-48(43)52(47(41)4-2)37-26-28-40-39-20-11-13-22-45(39)51(46(40)32-37,35-16-7-5-8-17-35)36-18-9-6-10-19-36/h3-32H,2H2,1H3/b15-3-. The summed E-state index contributed by atoms with van der Waals surface area (Å²) < 4.78 is 8.05. The SMILES string of the molecule is C=Cc1c(/C=C\C)c2cc(-c3ccc4c(c3)c(=O)oc3ccccc34)ccc2n1-c1ccc2c(c1)C(c1ccccc1)(c1ccccc1)c1ccccc1-2. The number of fused-ring (bicyclic) bond motifs is 7. The van der Waals surface area contributed by atoms with Crippen molar-refractivity contribution in [2.24, 2.45) is 0 Å². The van der Waals surface area contributed by atoms with Crippen LogP contribution in [0, 0.1) is 0 Å². The van der Waals surface area contributed by atoms with Gasteiger partial charge in [0.1, 0.15) is 5.58 Å². The average Bonchev–Trinajstić information content (AvgIpc) is 3.71. The number of rotatable bonds is 6. The van der Waals surface area contributed by atoms with Gasteiger partial charge < -0.3 is 8.98 Å². The molecule has 0 spiro atoms. The highest BCUT2D eigenvalue weighted by molar-refractivity contribution is 6.06. The summed E-state index contributed by atoms with van der Waals surface area (Å²) in [7, 11) is 0. The summed E-state index contributed by atoms with van der Waals surface area (Å²) in [5.41, 5.74) is 13.5. The monoisotopic (exact) mass is 693 g/mol. The van der Waals surface area contributed by atoms with Crippen molar-refractivity contribution in [3.05, 3.63) is 220 Å². The van der Waals surface area contributed by atoms with E-state index in [-0.39, 0.29) is 5.63 Å². The lowest BCUT2D eigenvalue weighted by molar-refractivity contribution is 0.569. The number of aromatic nitrogens is 1. The molecule has 256 valence electrons. The van der Waals surface area contributed by atoms with E-state index in [1.54, 1.807) is 0 Å². The van der Waals surface area contributed by atoms with Crippen molar-refractivity contribution >= 4 is 44.8 Å². The Morgan fingerprint density at radius 3 is 1.98 bits per heavy atom. The van der Waals surface area contributed by atoms with E-state index in [2.05, 4.69) is 151 Å². The molecule has 2 heterocycles. The van der Waals surface area contributed by atoms with Gasteiger partial charge in [0.25, 0.3) is 0 Å². The van der Waals surface area contributed by atoms with Crippen LogP contribution in [0.4, 0.5) is 0 Å². The Kier molecular flexibility index (Phi) is 7.24. The van der Waals surface area contributed by atoms with Crippen LogP contribution in [-0.4, -0.2) is 4.57 Å². The normalized spacial score (nSPS) is 13.1. The maximum absolute atomic E-state index is 13.2. The molecule has 7 aromatic carbocycles. The Morgan fingerprint density at radius 1 is 0.593 bits per heavy atom. The van der Waals surface area contributed by atoms with Crippen molar-refractivity contribution in [1.29, 1.82) is 0 Å². The second-order valence-corrected chi connectivity index (χ2v) is 14.0. The minimum atomic E-state index is -0.505. The largest absolute Gasteiger partial charge is 0.422 e. The van der Waals surface area contributed by atoms with Crippen LogP contribution in [0.1, 0.15) is 40.4 Å². The third-order valence-corrected chi connectivity index (χ3v) is 11.2. The van der Waals surface area contributed by atoms with E-state index in [0.717, 1.165) is 49.7 Å². The Bertz CT molecular complexity index is 3000. The molecule has 3 nitrogen and oxygen atoms in total. The first-order valence-corrected chi connectivity index (χ1v) is 18.4. The summed E-state index contributed by atoms with van der Waals surface area (Å²) in [6.45, 7) is 6.38. The molecule has 0 bridgehead atoms. The first-order valence-electron chi connectivity index (χ1n) is 18.4. The molecule has 10 rings (SSSR count). The van der Waals surface area contributed by atoms with E-state index in [4.69, 9.17) is 4.42 Å². The van der Waals surface area contributed by atoms with E-state index in [1.807, 2.05) is 49.4 Å². The molecule has 3 heteroatoms. The molecule has 0 atom stereocenters. The minimum Gasteiger partial charge on any atom is -0.422 e. The fourth-order valence-corrected chi connectivity index (χ4v) is 8.97. The van der Waals surface area contributed by atoms with Crippen LogP contribution in [-0.2, 0) is 5.41 Å². The molecule has 1 aliphatic rings. The Labute approximate surface area is 313 Å². The first-order chi connectivity index (χ1) is 26.6. The van der Waals surface area contributed by atoms with Crippen molar-refractivity contribution in [2.75, 3.05) is 0 Å². The van der Waals surface area contributed by atoms with Crippen molar-refractivity contribution in [3.8, 4) is 27.9 Å². The van der Waals surface area contributed by atoms with Crippen molar-refractivity contribution in [1.82, 2.24) is 4.57 Å². The lowest BCUT2D eigenvalue weighted by Gasteiger charge is -2.34. The van der Waals surface area contributed by atoms with Crippen molar-refractivity contribution in [3.63, 3.8) is 0 Å². The minimum absolute atomic E-state index is 0.331.